The van der Waals surface area contributed by atoms with Gasteiger partial charge in [-0.25, -0.2) is 4.39 Å². The van der Waals surface area contributed by atoms with Crippen LogP contribution in [0.4, 0.5) is 4.39 Å². The Morgan fingerprint density at radius 2 is 2.26 bits per heavy atom. The molecule has 0 bridgehead atoms. The molecule has 0 saturated carbocycles. The fourth-order valence-corrected chi connectivity index (χ4v) is 3.02. The smallest absolute Gasteiger partial charge is 0.129 e. The molecule has 1 fully saturated rings. The SMILES string of the molecule is C[C@]1(O)CN(Cc2cccnc2)CC[C@@H]1Oc1cccc(F)c1. The van der Waals surface area contributed by atoms with Gasteiger partial charge in [-0.15, -0.1) is 0 Å². The molecule has 4 nitrogen and oxygen atoms in total. The Hall–Kier alpha value is -1.98. The first-order valence-electron chi connectivity index (χ1n) is 7.79. The molecule has 1 saturated heterocycles. The van der Waals surface area contributed by atoms with Crippen molar-refractivity contribution >= 4 is 0 Å². The Morgan fingerprint density at radius 1 is 1.39 bits per heavy atom. The molecule has 0 spiro atoms. The van der Waals surface area contributed by atoms with Gasteiger partial charge in [0.15, 0.2) is 0 Å². The first-order chi connectivity index (χ1) is 11.0. The summed E-state index contributed by atoms with van der Waals surface area (Å²) in [5.41, 5.74) is 0.125. The van der Waals surface area contributed by atoms with E-state index >= 15 is 0 Å². The monoisotopic (exact) mass is 316 g/mol. The molecule has 122 valence electrons. The van der Waals surface area contributed by atoms with Crippen molar-refractivity contribution in [2.24, 2.45) is 0 Å². The zero-order valence-corrected chi connectivity index (χ0v) is 13.2. The molecular weight excluding hydrogens is 295 g/mol. The minimum absolute atomic E-state index is 0.337. The number of likely N-dealkylation sites (tertiary alicyclic amines) is 1. The minimum Gasteiger partial charge on any atom is -0.487 e. The number of hydrogen-bond acceptors (Lipinski definition) is 4. The maximum atomic E-state index is 13.3. The Balaban J connectivity index is 1.63. The van der Waals surface area contributed by atoms with Crippen LogP contribution in [-0.2, 0) is 6.54 Å². The van der Waals surface area contributed by atoms with Crippen molar-refractivity contribution in [3.8, 4) is 5.75 Å². The lowest BCUT2D eigenvalue weighted by Crippen LogP contribution is -2.56. The van der Waals surface area contributed by atoms with Crippen molar-refractivity contribution in [2.45, 2.75) is 31.6 Å². The van der Waals surface area contributed by atoms with E-state index in [0.717, 1.165) is 18.7 Å². The minimum atomic E-state index is -0.993. The van der Waals surface area contributed by atoms with Crippen molar-refractivity contribution in [2.75, 3.05) is 13.1 Å². The molecule has 1 aromatic heterocycles. The number of nitrogens with zero attached hydrogens (tertiary/aromatic N) is 2. The van der Waals surface area contributed by atoms with Crippen LogP contribution in [-0.4, -0.2) is 39.8 Å². The molecule has 2 atom stereocenters. The number of halogens is 1. The third kappa shape index (κ3) is 4.06. The lowest BCUT2D eigenvalue weighted by Gasteiger charge is -2.42. The number of aromatic nitrogens is 1. The maximum absolute atomic E-state index is 13.3. The highest BCUT2D eigenvalue weighted by Gasteiger charge is 2.39. The lowest BCUT2D eigenvalue weighted by atomic mass is 9.91. The van der Waals surface area contributed by atoms with E-state index in [1.54, 1.807) is 25.3 Å². The van der Waals surface area contributed by atoms with Gasteiger partial charge < -0.3 is 9.84 Å². The molecule has 2 heterocycles. The van der Waals surface area contributed by atoms with Crippen molar-refractivity contribution in [1.29, 1.82) is 0 Å². The Labute approximate surface area is 135 Å². The second kappa shape index (κ2) is 6.64. The molecule has 3 rings (SSSR count). The number of ether oxygens (including phenoxy) is 1. The van der Waals surface area contributed by atoms with Crippen molar-refractivity contribution in [3.63, 3.8) is 0 Å². The van der Waals surface area contributed by atoms with Crippen molar-refractivity contribution in [1.82, 2.24) is 9.88 Å². The molecule has 1 aliphatic rings. The van der Waals surface area contributed by atoms with Gasteiger partial charge in [0.25, 0.3) is 0 Å². The number of benzene rings is 1. The summed E-state index contributed by atoms with van der Waals surface area (Å²) in [5, 5.41) is 10.7. The third-order valence-electron chi connectivity index (χ3n) is 4.15. The van der Waals surface area contributed by atoms with Crippen LogP contribution in [0.2, 0.25) is 0 Å². The number of pyridine rings is 1. The lowest BCUT2D eigenvalue weighted by molar-refractivity contribution is -0.0993. The molecule has 2 aromatic rings. The van der Waals surface area contributed by atoms with Crippen LogP contribution in [0.15, 0.2) is 48.8 Å². The van der Waals surface area contributed by atoms with Crippen LogP contribution in [0, 0.1) is 5.82 Å². The number of β-amino-alcohol motifs (C(OH)–C–C–N with tert-alkyl or cyclic N) is 1. The van der Waals surface area contributed by atoms with E-state index in [1.165, 1.54) is 12.1 Å². The molecule has 1 aliphatic heterocycles. The zero-order chi connectivity index (χ0) is 16.3. The highest BCUT2D eigenvalue weighted by atomic mass is 19.1. The third-order valence-corrected chi connectivity index (χ3v) is 4.15. The molecule has 1 aromatic carbocycles. The first kappa shape index (κ1) is 15.9. The van der Waals surface area contributed by atoms with Crippen molar-refractivity contribution in [3.05, 3.63) is 60.2 Å². The Kier molecular flexibility index (Phi) is 4.59. The summed E-state index contributed by atoms with van der Waals surface area (Å²) in [6.07, 6.45) is 3.92. The molecular formula is C18H21FN2O2. The van der Waals surface area contributed by atoms with Crippen LogP contribution < -0.4 is 4.74 Å². The van der Waals surface area contributed by atoms with Gasteiger partial charge in [-0.1, -0.05) is 12.1 Å². The fraction of sp³-hybridized carbons (Fsp3) is 0.389. The number of hydrogen-bond donors (Lipinski definition) is 1. The number of rotatable bonds is 4. The van der Waals surface area contributed by atoms with Gasteiger partial charge in [0.1, 0.15) is 23.3 Å². The largest absolute Gasteiger partial charge is 0.487 e. The average Bonchev–Trinajstić information content (AvgIpc) is 2.51. The maximum Gasteiger partial charge on any atom is 0.129 e. The number of aliphatic hydroxyl groups is 1. The van der Waals surface area contributed by atoms with Gasteiger partial charge in [-0.05, 0) is 37.1 Å². The van der Waals surface area contributed by atoms with E-state index in [-0.39, 0.29) is 11.9 Å². The Bertz CT molecular complexity index is 648. The van der Waals surface area contributed by atoms with Gasteiger partial charge in [0.2, 0.25) is 0 Å². The molecule has 0 aliphatic carbocycles. The standard InChI is InChI=1S/C18H21FN2O2/c1-18(22)13-21(12-14-4-3-8-20-11-14)9-7-17(18)23-16-6-2-5-15(19)10-16/h2-6,8,10-11,17,22H,7,9,12-13H2,1H3/t17-,18-/m0/s1. The van der Waals surface area contributed by atoms with Crippen LogP contribution in [0.3, 0.4) is 0 Å². The summed E-state index contributed by atoms with van der Waals surface area (Å²) in [5.74, 6) is 0.118. The second-order valence-electron chi connectivity index (χ2n) is 6.28. The molecule has 0 unspecified atom stereocenters. The molecule has 5 heteroatoms. The topological polar surface area (TPSA) is 45.6 Å². The highest BCUT2D eigenvalue weighted by Crippen LogP contribution is 2.27. The van der Waals surface area contributed by atoms with E-state index in [0.29, 0.717) is 18.7 Å². The van der Waals surface area contributed by atoms with Crippen LogP contribution in [0.25, 0.3) is 0 Å². The van der Waals surface area contributed by atoms with Crippen LogP contribution in [0.1, 0.15) is 18.9 Å². The second-order valence-corrected chi connectivity index (χ2v) is 6.28. The van der Waals surface area contributed by atoms with Crippen molar-refractivity contribution < 1.29 is 14.2 Å². The summed E-state index contributed by atoms with van der Waals surface area (Å²) in [4.78, 5) is 6.30. The van der Waals surface area contributed by atoms with Gasteiger partial charge in [-0.2, -0.15) is 0 Å². The van der Waals surface area contributed by atoms with E-state index in [9.17, 15) is 9.50 Å². The van der Waals surface area contributed by atoms with Crippen LogP contribution in [0.5, 0.6) is 5.75 Å². The summed E-state index contributed by atoms with van der Waals surface area (Å²) < 4.78 is 19.1. The fourth-order valence-electron chi connectivity index (χ4n) is 3.02. The van der Waals surface area contributed by atoms with E-state index in [4.69, 9.17) is 4.74 Å². The highest BCUT2D eigenvalue weighted by molar-refractivity contribution is 5.23. The molecule has 23 heavy (non-hydrogen) atoms. The van der Waals surface area contributed by atoms with Gasteiger partial charge in [0.05, 0.1) is 0 Å². The molecule has 1 N–H and O–H groups in total. The predicted molar refractivity (Wildman–Crippen MR) is 85.6 cm³/mol. The predicted octanol–water partition coefficient (Wildman–Crippen LogP) is 2.63. The first-order valence-corrected chi connectivity index (χ1v) is 7.79. The van der Waals surface area contributed by atoms with E-state index in [2.05, 4.69) is 9.88 Å². The van der Waals surface area contributed by atoms with Gasteiger partial charge >= 0.3 is 0 Å². The molecule has 0 radical (unpaired) electrons. The summed E-state index contributed by atoms with van der Waals surface area (Å²) in [7, 11) is 0. The molecule has 0 amide bonds. The average molecular weight is 316 g/mol. The van der Waals surface area contributed by atoms with E-state index < -0.39 is 5.60 Å². The normalized spacial score (nSPS) is 25.3. The Morgan fingerprint density at radius 3 is 2.96 bits per heavy atom. The zero-order valence-electron chi connectivity index (χ0n) is 13.2. The van der Waals surface area contributed by atoms with Crippen LogP contribution >= 0.6 is 0 Å². The number of piperidine rings is 1. The summed E-state index contributed by atoms with van der Waals surface area (Å²) >= 11 is 0. The van der Waals surface area contributed by atoms with Gasteiger partial charge in [-0.3, -0.25) is 9.88 Å². The summed E-state index contributed by atoms with van der Waals surface area (Å²) in [6.45, 7) is 3.83. The quantitative estimate of drug-likeness (QED) is 0.942. The summed E-state index contributed by atoms with van der Waals surface area (Å²) in [6, 6.07) is 9.97. The van der Waals surface area contributed by atoms with E-state index in [1.807, 2.05) is 18.3 Å². The van der Waals surface area contributed by atoms with Gasteiger partial charge in [0, 0.05) is 38.1 Å².